The lowest BCUT2D eigenvalue weighted by Gasteiger charge is -2.31. The first-order chi connectivity index (χ1) is 14.4. The molecule has 2 aromatic rings. The van der Waals surface area contributed by atoms with Crippen LogP contribution < -0.4 is 10.1 Å². The van der Waals surface area contributed by atoms with Crippen molar-refractivity contribution >= 4 is 17.6 Å². The first-order valence-electron chi connectivity index (χ1n) is 10.4. The van der Waals surface area contributed by atoms with Crippen molar-refractivity contribution in [1.82, 2.24) is 10.2 Å². The van der Waals surface area contributed by atoms with Gasteiger partial charge in [-0.1, -0.05) is 30.3 Å². The number of ketones is 1. The van der Waals surface area contributed by atoms with E-state index in [1.54, 1.807) is 29.2 Å². The van der Waals surface area contributed by atoms with Crippen molar-refractivity contribution in [2.75, 3.05) is 19.6 Å². The molecule has 0 unspecified atom stereocenters. The smallest absolute Gasteiger partial charge is 0.251 e. The summed E-state index contributed by atoms with van der Waals surface area (Å²) in [6.07, 6.45) is 1.35. The van der Waals surface area contributed by atoms with Crippen molar-refractivity contribution < 1.29 is 19.1 Å². The van der Waals surface area contributed by atoms with Gasteiger partial charge in [0.2, 0.25) is 5.91 Å². The number of likely N-dealkylation sites (tertiary alicyclic amines) is 1. The molecule has 0 spiro atoms. The van der Waals surface area contributed by atoms with Crippen molar-refractivity contribution in [2.24, 2.45) is 5.92 Å². The normalized spacial score (nSPS) is 14.4. The van der Waals surface area contributed by atoms with Crippen LogP contribution in [0.5, 0.6) is 5.75 Å². The number of amides is 2. The molecule has 0 aliphatic carbocycles. The fraction of sp³-hybridized carbons (Fsp3) is 0.375. The average Bonchev–Trinajstić information content (AvgIpc) is 2.77. The van der Waals surface area contributed by atoms with Gasteiger partial charge in [0, 0.05) is 30.1 Å². The van der Waals surface area contributed by atoms with Crippen LogP contribution >= 0.6 is 0 Å². The number of nitrogens with zero attached hydrogens (tertiary/aromatic N) is 1. The number of carbonyl (C=O) groups is 3. The molecule has 2 amide bonds. The van der Waals surface area contributed by atoms with Crippen LogP contribution in [0.15, 0.2) is 54.6 Å². The molecule has 6 heteroatoms. The Morgan fingerprint density at radius 2 is 1.60 bits per heavy atom. The highest BCUT2D eigenvalue weighted by atomic mass is 16.5. The van der Waals surface area contributed by atoms with E-state index in [-0.39, 0.29) is 36.2 Å². The Hall–Kier alpha value is -3.15. The molecule has 2 aromatic carbocycles. The third-order valence-corrected chi connectivity index (χ3v) is 5.17. The number of hydrogen-bond donors (Lipinski definition) is 1. The zero-order valence-electron chi connectivity index (χ0n) is 17.5. The second kappa shape index (κ2) is 10.1. The van der Waals surface area contributed by atoms with Crippen LogP contribution in [-0.2, 0) is 4.79 Å². The Morgan fingerprint density at radius 1 is 0.967 bits per heavy atom. The third kappa shape index (κ3) is 5.69. The third-order valence-electron chi connectivity index (χ3n) is 5.17. The molecule has 158 valence electrons. The van der Waals surface area contributed by atoms with Crippen molar-refractivity contribution in [3.05, 3.63) is 65.7 Å². The van der Waals surface area contributed by atoms with Gasteiger partial charge >= 0.3 is 0 Å². The predicted molar refractivity (Wildman–Crippen MR) is 115 cm³/mol. The number of carbonyl (C=O) groups excluding carboxylic acids is 3. The maximum Gasteiger partial charge on any atom is 0.251 e. The highest BCUT2D eigenvalue weighted by Crippen LogP contribution is 2.22. The summed E-state index contributed by atoms with van der Waals surface area (Å²) in [6.45, 7) is 4.87. The monoisotopic (exact) mass is 408 g/mol. The quantitative estimate of drug-likeness (QED) is 0.713. The van der Waals surface area contributed by atoms with Crippen LogP contribution in [-0.4, -0.2) is 48.2 Å². The van der Waals surface area contributed by atoms with E-state index in [1.165, 1.54) is 0 Å². The Bertz CT molecular complexity index is 870. The van der Waals surface area contributed by atoms with Gasteiger partial charge < -0.3 is 15.0 Å². The number of ether oxygens (including phenoxy) is 1. The number of hydrogen-bond acceptors (Lipinski definition) is 4. The standard InChI is InChI=1S/C24H28N2O4/c1-17(2)30-21-10-8-20(9-11-21)24(29)25-16-22(27)26-14-12-19(13-15-26)23(28)18-6-4-3-5-7-18/h3-11,17,19H,12-16H2,1-2H3,(H,25,29). The van der Waals surface area contributed by atoms with Gasteiger partial charge in [-0.25, -0.2) is 0 Å². The van der Waals surface area contributed by atoms with Gasteiger partial charge in [0.05, 0.1) is 12.6 Å². The molecule has 1 aliphatic rings. The molecule has 1 aliphatic heterocycles. The molecular weight excluding hydrogens is 380 g/mol. The molecule has 1 N–H and O–H groups in total. The minimum absolute atomic E-state index is 0.0552. The summed E-state index contributed by atoms with van der Waals surface area (Å²) in [7, 11) is 0. The first kappa shape index (κ1) is 21.6. The van der Waals surface area contributed by atoms with E-state index in [2.05, 4.69) is 5.32 Å². The Kier molecular flexibility index (Phi) is 7.22. The minimum Gasteiger partial charge on any atom is -0.491 e. The second-order valence-corrected chi connectivity index (χ2v) is 7.76. The van der Waals surface area contributed by atoms with Crippen LogP contribution in [0.1, 0.15) is 47.4 Å². The molecule has 30 heavy (non-hydrogen) atoms. The lowest BCUT2D eigenvalue weighted by molar-refractivity contribution is -0.131. The van der Waals surface area contributed by atoms with Crippen LogP contribution in [0.25, 0.3) is 0 Å². The fourth-order valence-corrected chi connectivity index (χ4v) is 3.56. The number of rotatable bonds is 7. The molecule has 1 fully saturated rings. The van der Waals surface area contributed by atoms with Gasteiger partial charge in [0.15, 0.2) is 5.78 Å². The molecule has 0 bridgehead atoms. The molecule has 0 radical (unpaired) electrons. The number of Topliss-reactive ketones (excluding diaryl/α,β-unsaturated/α-hetero) is 1. The summed E-state index contributed by atoms with van der Waals surface area (Å²) in [5, 5.41) is 2.68. The highest BCUT2D eigenvalue weighted by Gasteiger charge is 2.27. The number of nitrogens with one attached hydrogen (secondary N) is 1. The summed E-state index contributed by atoms with van der Waals surface area (Å²) in [4.78, 5) is 39.0. The van der Waals surface area contributed by atoms with E-state index in [1.807, 2.05) is 44.2 Å². The number of piperidine rings is 1. The van der Waals surface area contributed by atoms with E-state index >= 15 is 0 Å². The largest absolute Gasteiger partial charge is 0.491 e. The summed E-state index contributed by atoms with van der Waals surface area (Å²) < 4.78 is 5.56. The summed E-state index contributed by atoms with van der Waals surface area (Å²) >= 11 is 0. The maximum atomic E-state index is 12.6. The van der Waals surface area contributed by atoms with Gasteiger partial charge in [-0.15, -0.1) is 0 Å². The summed E-state index contributed by atoms with van der Waals surface area (Å²) in [5.74, 6) is 0.353. The van der Waals surface area contributed by atoms with Crippen LogP contribution in [0.3, 0.4) is 0 Å². The number of benzene rings is 2. The van der Waals surface area contributed by atoms with Crippen LogP contribution in [0.4, 0.5) is 0 Å². The zero-order chi connectivity index (χ0) is 21.5. The van der Waals surface area contributed by atoms with Crippen molar-refractivity contribution in [2.45, 2.75) is 32.8 Å². The van der Waals surface area contributed by atoms with E-state index < -0.39 is 0 Å². The zero-order valence-corrected chi connectivity index (χ0v) is 17.5. The van der Waals surface area contributed by atoms with E-state index in [0.717, 1.165) is 5.56 Å². The highest BCUT2D eigenvalue weighted by molar-refractivity contribution is 5.98. The second-order valence-electron chi connectivity index (χ2n) is 7.76. The van der Waals surface area contributed by atoms with Crippen molar-refractivity contribution in [1.29, 1.82) is 0 Å². The fourth-order valence-electron chi connectivity index (χ4n) is 3.56. The molecule has 3 rings (SSSR count). The van der Waals surface area contributed by atoms with E-state index in [4.69, 9.17) is 4.74 Å². The maximum absolute atomic E-state index is 12.6. The van der Waals surface area contributed by atoms with Crippen molar-refractivity contribution in [3.63, 3.8) is 0 Å². The average molecular weight is 408 g/mol. The SMILES string of the molecule is CC(C)Oc1ccc(C(=O)NCC(=O)N2CCC(C(=O)c3ccccc3)CC2)cc1. The van der Waals surface area contributed by atoms with Gasteiger partial charge in [0.25, 0.3) is 5.91 Å². The first-order valence-corrected chi connectivity index (χ1v) is 10.4. The van der Waals surface area contributed by atoms with Gasteiger partial charge in [-0.3, -0.25) is 14.4 Å². The predicted octanol–water partition coefficient (Wildman–Crippen LogP) is 3.33. The summed E-state index contributed by atoms with van der Waals surface area (Å²) in [5.41, 5.74) is 1.20. The molecule has 0 saturated carbocycles. The Labute approximate surface area is 177 Å². The molecular formula is C24H28N2O4. The van der Waals surface area contributed by atoms with Crippen LogP contribution in [0.2, 0.25) is 0 Å². The molecule has 0 atom stereocenters. The van der Waals surface area contributed by atoms with Gasteiger partial charge in [-0.2, -0.15) is 0 Å². The van der Waals surface area contributed by atoms with Gasteiger partial charge in [0.1, 0.15) is 5.75 Å². The molecule has 6 nitrogen and oxygen atoms in total. The van der Waals surface area contributed by atoms with E-state index in [0.29, 0.717) is 37.2 Å². The van der Waals surface area contributed by atoms with Crippen LogP contribution in [0, 0.1) is 5.92 Å². The molecule has 0 aromatic heterocycles. The van der Waals surface area contributed by atoms with Gasteiger partial charge in [-0.05, 0) is 51.0 Å². The lowest BCUT2D eigenvalue weighted by atomic mass is 9.89. The van der Waals surface area contributed by atoms with Crippen molar-refractivity contribution in [3.8, 4) is 5.75 Å². The minimum atomic E-state index is -0.298. The van der Waals surface area contributed by atoms with E-state index in [9.17, 15) is 14.4 Å². The lowest BCUT2D eigenvalue weighted by Crippen LogP contribution is -2.45. The Balaban J connectivity index is 1.44. The molecule has 1 heterocycles. The Morgan fingerprint density at radius 3 is 2.20 bits per heavy atom. The molecule has 1 saturated heterocycles. The summed E-state index contributed by atoms with van der Waals surface area (Å²) in [6, 6.07) is 16.1. The topological polar surface area (TPSA) is 75.7 Å².